The normalized spacial score (nSPS) is 25.6. The van der Waals surface area contributed by atoms with Crippen LogP contribution in [0.1, 0.15) is 44.9 Å². The van der Waals surface area contributed by atoms with Gasteiger partial charge in [-0.25, -0.2) is 4.68 Å². The molecule has 0 radical (unpaired) electrons. The highest BCUT2D eigenvalue weighted by Crippen LogP contribution is 2.30. The van der Waals surface area contributed by atoms with E-state index in [2.05, 4.69) is 12.2 Å². The second-order valence-corrected chi connectivity index (χ2v) is 8.60. The second kappa shape index (κ2) is 10.7. The molecule has 176 valence electrons. The van der Waals surface area contributed by atoms with Gasteiger partial charge in [0.1, 0.15) is 24.4 Å². The van der Waals surface area contributed by atoms with Crippen LogP contribution in [0.15, 0.2) is 24.3 Å². The molecule has 4 N–H and O–H groups in total. The molecule has 10 heteroatoms. The summed E-state index contributed by atoms with van der Waals surface area (Å²) in [6.07, 6.45) is -1.79. The van der Waals surface area contributed by atoms with Crippen molar-refractivity contribution in [2.75, 3.05) is 6.61 Å². The number of nitrogens with one attached hydrogen (secondary N) is 1. The highest BCUT2D eigenvalue weighted by molar-refractivity contribution is 7.71. The van der Waals surface area contributed by atoms with Crippen molar-refractivity contribution in [3.8, 4) is 11.4 Å². The van der Waals surface area contributed by atoms with E-state index in [9.17, 15) is 20.1 Å². The molecule has 1 saturated heterocycles. The van der Waals surface area contributed by atoms with E-state index in [1.807, 2.05) is 35.8 Å². The van der Waals surface area contributed by atoms with Gasteiger partial charge in [-0.15, -0.1) is 5.10 Å². The Balaban J connectivity index is 2.09. The number of ether oxygens (including phenoxy) is 1. The molecular formula is C22H32N4O5S. The van der Waals surface area contributed by atoms with Crippen LogP contribution in [0.4, 0.5) is 0 Å². The number of benzene rings is 1. The van der Waals surface area contributed by atoms with Crippen LogP contribution >= 0.6 is 12.2 Å². The molecule has 2 heterocycles. The molecule has 3 rings (SSSR count). The third-order valence-corrected chi connectivity index (χ3v) is 6.10. The number of aromatic nitrogens is 3. The topological polar surface area (TPSA) is 122 Å². The molecule has 0 saturated carbocycles. The molecule has 0 bridgehead atoms. The number of carbonyl (C=O) groups excluding carboxylic acids is 1. The summed E-state index contributed by atoms with van der Waals surface area (Å²) in [6, 6.07) is 6.92. The van der Waals surface area contributed by atoms with Crippen molar-refractivity contribution in [1.82, 2.24) is 19.7 Å². The quantitative estimate of drug-likeness (QED) is 0.346. The number of hydrogen-bond acceptors (Lipinski definition) is 7. The number of hydrogen-bond donors (Lipinski definition) is 4. The van der Waals surface area contributed by atoms with E-state index in [1.54, 1.807) is 0 Å². The van der Waals surface area contributed by atoms with Gasteiger partial charge in [-0.05, 0) is 25.6 Å². The maximum absolute atomic E-state index is 11.8. The van der Waals surface area contributed by atoms with E-state index < -0.39 is 43.1 Å². The van der Waals surface area contributed by atoms with Crippen molar-refractivity contribution in [2.45, 2.75) is 77.2 Å². The van der Waals surface area contributed by atoms with Crippen molar-refractivity contribution in [3.63, 3.8) is 0 Å². The van der Waals surface area contributed by atoms with E-state index in [0.717, 1.165) is 30.4 Å². The Morgan fingerprint density at radius 1 is 1.22 bits per heavy atom. The van der Waals surface area contributed by atoms with Gasteiger partial charge in [0.05, 0.1) is 6.61 Å². The summed E-state index contributed by atoms with van der Waals surface area (Å²) in [5.74, 6) is 0.252. The van der Waals surface area contributed by atoms with Gasteiger partial charge in [0.25, 0.3) is 0 Å². The minimum atomic E-state index is -1.37. The molecule has 1 aliphatic heterocycles. The van der Waals surface area contributed by atoms with Crippen LogP contribution in [-0.2, 0) is 16.1 Å². The summed E-state index contributed by atoms with van der Waals surface area (Å²) in [6.45, 7) is 5.60. The Bertz CT molecular complexity index is 974. The Morgan fingerprint density at radius 3 is 2.50 bits per heavy atom. The van der Waals surface area contributed by atoms with Crippen molar-refractivity contribution in [3.05, 3.63) is 34.6 Å². The first-order valence-electron chi connectivity index (χ1n) is 10.9. The SMILES string of the molecule is CCCCCn1c(-c2ccc(C)cc2)nn(C2OC(CO)C(O)C(O)C2NC(C)=O)c1=S. The number of aliphatic hydroxyl groups is 3. The molecule has 1 aliphatic rings. The predicted octanol–water partition coefficient (Wildman–Crippen LogP) is 1.70. The summed E-state index contributed by atoms with van der Waals surface area (Å²) >= 11 is 5.74. The number of carbonyl (C=O) groups is 1. The van der Waals surface area contributed by atoms with Gasteiger partial charge in [0, 0.05) is 19.0 Å². The third-order valence-electron chi connectivity index (χ3n) is 5.69. The van der Waals surface area contributed by atoms with Gasteiger partial charge < -0.3 is 25.4 Å². The molecule has 0 spiro atoms. The van der Waals surface area contributed by atoms with Crippen LogP contribution in [0.5, 0.6) is 0 Å². The molecule has 1 fully saturated rings. The first-order valence-corrected chi connectivity index (χ1v) is 11.3. The largest absolute Gasteiger partial charge is 0.394 e. The summed E-state index contributed by atoms with van der Waals surface area (Å²) in [5, 5.41) is 38.0. The molecule has 5 unspecified atom stereocenters. The predicted molar refractivity (Wildman–Crippen MR) is 121 cm³/mol. The average molecular weight is 465 g/mol. The summed E-state index contributed by atoms with van der Waals surface area (Å²) < 4.78 is 9.64. The molecule has 1 aromatic carbocycles. The fraction of sp³-hybridized carbons (Fsp3) is 0.591. The van der Waals surface area contributed by atoms with Gasteiger partial charge in [0.15, 0.2) is 12.1 Å². The van der Waals surface area contributed by atoms with Gasteiger partial charge >= 0.3 is 0 Å². The van der Waals surface area contributed by atoms with Gasteiger partial charge in [-0.3, -0.25) is 9.36 Å². The number of unbranched alkanes of at least 4 members (excludes halogenated alkanes) is 2. The Morgan fingerprint density at radius 2 is 1.91 bits per heavy atom. The van der Waals surface area contributed by atoms with Crippen LogP contribution in [0.25, 0.3) is 11.4 Å². The monoisotopic (exact) mass is 464 g/mol. The van der Waals surface area contributed by atoms with Crippen molar-refractivity contribution >= 4 is 18.1 Å². The van der Waals surface area contributed by atoms with Crippen molar-refractivity contribution in [1.29, 1.82) is 0 Å². The molecule has 0 aliphatic carbocycles. The fourth-order valence-electron chi connectivity index (χ4n) is 3.91. The maximum atomic E-state index is 11.8. The zero-order valence-electron chi connectivity index (χ0n) is 18.6. The van der Waals surface area contributed by atoms with E-state index in [1.165, 1.54) is 11.6 Å². The van der Waals surface area contributed by atoms with Gasteiger partial charge in [0.2, 0.25) is 10.7 Å². The lowest BCUT2D eigenvalue weighted by Crippen LogP contribution is -2.62. The Hall–Kier alpha value is -2.11. The zero-order chi connectivity index (χ0) is 23.4. The minimum absolute atomic E-state index is 0.373. The molecule has 1 aromatic heterocycles. The van der Waals surface area contributed by atoms with Crippen LogP contribution < -0.4 is 5.32 Å². The second-order valence-electron chi connectivity index (χ2n) is 8.23. The Kier molecular flexibility index (Phi) is 8.18. The van der Waals surface area contributed by atoms with Crippen LogP contribution in [0.2, 0.25) is 0 Å². The van der Waals surface area contributed by atoms with Crippen LogP contribution in [0.3, 0.4) is 0 Å². The first kappa shape index (κ1) is 24.5. The lowest BCUT2D eigenvalue weighted by molar-refractivity contribution is -0.219. The van der Waals surface area contributed by atoms with Crippen molar-refractivity contribution < 1.29 is 24.9 Å². The molecule has 2 aromatic rings. The average Bonchev–Trinajstić information content (AvgIpc) is 3.08. The van der Waals surface area contributed by atoms with E-state index >= 15 is 0 Å². The zero-order valence-corrected chi connectivity index (χ0v) is 19.5. The minimum Gasteiger partial charge on any atom is -0.394 e. The molecule has 32 heavy (non-hydrogen) atoms. The lowest BCUT2D eigenvalue weighted by Gasteiger charge is -2.42. The fourth-order valence-corrected chi connectivity index (χ4v) is 4.24. The third kappa shape index (κ3) is 5.10. The maximum Gasteiger partial charge on any atom is 0.217 e. The van der Waals surface area contributed by atoms with Crippen LogP contribution in [-0.4, -0.2) is 66.5 Å². The molecule has 1 amide bonds. The highest BCUT2D eigenvalue weighted by Gasteiger charge is 2.46. The number of nitrogens with zero attached hydrogens (tertiary/aromatic N) is 3. The summed E-state index contributed by atoms with van der Waals surface area (Å²) in [4.78, 5) is 11.8. The first-order chi connectivity index (χ1) is 15.3. The molecular weight excluding hydrogens is 432 g/mol. The van der Waals surface area contributed by atoms with E-state index in [0.29, 0.717) is 17.1 Å². The summed E-state index contributed by atoms with van der Waals surface area (Å²) in [7, 11) is 0. The van der Waals surface area contributed by atoms with Gasteiger partial charge in [-0.2, -0.15) is 0 Å². The highest BCUT2D eigenvalue weighted by atomic mass is 32.1. The number of rotatable bonds is 8. The summed E-state index contributed by atoms with van der Waals surface area (Å²) in [5.41, 5.74) is 2.00. The van der Waals surface area contributed by atoms with E-state index in [-0.39, 0.29) is 0 Å². The number of aryl methyl sites for hydroxylation is 1. The molecule has 9 nitrogen and oxygen atoms in total. The lowest BCUT2D eigenvalue weighted by atomic mass is 9.96. The standard InChI is InChI=1S/C22H32N4O5S/c1-4-5-6-11-25-20(15-9-7-13(2)8-10-15)24-26(22(25)32)21-17(23-14(3)28)19(30)18(29)16(12-27)31-21/h7-10,16-19,21,27,29-30H,4-6,11-12H2,1-3H3,(H,23,28). The smallest absolute Gasteiger partial charge is 0.217 e. The molecule has 5 atom stereocenters. The van der Waals surface area contributed by atoms with Crippen LogP contribution in [0, 0.1) is 11.7 Å². The van der Waals surface area contributed by atoms with Crippen molar-refractivity contribution in [2.24, 2.45) is 0 Å². The van der Waals surface area contributed by atoms with Gasteiger partial charge in [-0.1, -0.05) is 49.6 Å². The van der Waals surface area contributed by atoms with E-state index in [4.69, 9.17) is 22.1 Å². The number of amides is 1. The number of aliphatic hydroxyl groups excluding tert-OH is 3. The Labute approximate surface area is 192 Å².